The first kappa shape index (κ1) is 28.1. The molecule has 2 aliphatic rings. The van der Waals surface area contributed by atoms with Gasteiger partial charge in [0.25, 0.3) is 0 Å². The third-order valence-electron chi connectivity index (χ3n) is 6.56. The van der Waals surface area contributed by atoms with Crippen LogP contribution in [-0.2, 0) is 27.6 Å². The number of nitrogens with one attached hydrogen (secondary N) is 2. The van der Waals surface area contributed by atoms with Crippen LogP contribution in [0.25, 0.3) is 0 Å². The molecule has 208 valence electrons. The van der Waals surface area contributed by atoms with Gasteiger partial charge in [-0.1, -0.05) is 0 Å². The molecule has 4 rings (SSSR count). The summed E-state index contributed by atoms with van der Waals surface area (Å²) in [5.41, 5.74) is 2.26. The lowest BCUT2D eigenvalue weighted by Crippen LogP contribution is -2.48. The highest BCUT2D eigenvalue weighted by molar-refractivity contribution is 7.90. The Morgan fingerprint density at radius 2 is 2.05 bits per heavy atom. The van der Waals surface area contributed by atoms with E-state index in [4.69, 9.17) is 4.74 Å². The van der Waals surface area contributed by atoms with Gasteiger partial charge in [0.2, 0.25) is 11.8 Å². The number of carbonyl (C=O) groups is 2. The molecule has 1 fully saturated rings. The Balaban J connectivity index is 1.52. The van der Waals surface area contributed by atoms with Crippen LogP contribution in [0.5, 0.6) is 5.88 Å². The molecule has 0 atom stereocenters. The van der Waals surface area contributed by atoms with Crippen LogP contribution in [0.4, 0.5) is 22.1 Å². The molecule has 2 aromatic rings. The van der Waals surface area contributed by atoms with Gasteiger partial charge in [0, 0.05) is 50.3 Å². The lowest BCUT2D eigenvalue weighted by molar-refractivity contribution is -0.136. The summed E-state index contributed by atoms with van der Waals surface area (Å²) >= 11 is 0. The van der Waals surface area contributed by atoms with Crippen molar-refractivity contribution in [3.8, 4) is 11.9 Å². The van der Waals surface area contributed by atoms with Gasteiger partial charge in [-0.3, -0.25) is 19.9 Å². The molecule has 4 heterocycles. The number of nitriles is 1. The van der Waals surface area contributed by atoms with Crippen LogP contribution in [0, 0.1) is 11.3 Å². The number of hydrogen-bond donors (Lipinski definition) is 2. The molecule has 0 radical (unpaired) electrons. The second-order valence-electron chi connectivity index (χ2n) is 9.66. The fourth-order valence-corrected chi connectivity index (χ4v) is 4.99. The first-order valence-corrected chi connectivity index (χ1v) is 14.6. The minimum atomic E-state index is -3.18. The summed E-state index contributed by atoms with van der Waals surface area (Å²) < 4.78 is 28.4. The number of aryl methyl sites for hydroxylation is 1. The number of pyridine rings is 2. The molecule has 0 aromatic carbocycles. The maximum absolute atomic E-state index is 13.3. The van der Waals surface area contributed by atoms with Gasteiger partial charge in [0.15, 0.2) is 0 Å². The van der Waals surface area contributed by atoms with E-state index in [0.717, 1.165) is 36.8 Å². The molecule has 39 heavy (non-hydrogen) atoms. The summed E-state index contributed by atoms with van der Waals surface area (Å²) in [7, 11) is 0.242. The van der Waals surface area contributed by atoms with E-state index in [1.54, 1.807) is 4.90 Å². The molecule has 0 spiro atoms. The highest BCUT2D eigenvalue weighted by Gasteiger charge is 2.28. The molecule has 2 N–H and O–H groups in total. The molecule has 1 saturated heterocycles. The van der Waals surface area contributed by atoms with E-state index in [1.807, 2.05) is 24.1 Å². The van der Waals surface area contributed by atoms with Gasteiger partial charge in [0.1, 0.15) is 27.5 Å². The molecule has 14 heteroatoms. The maximum atomic E-state index is 13.3. The van der Waals surface area contributed by atoms with Crippen molar-refractivity contribution in [3.63, 3.8) is 0 Å². The molecule has 0 unspecified atom stereocenters. The summed E-state index contributed by atoms with van der Waals surface area (Å²) in [6, 6.07) is 5.00. The van der Waals surface area contributed by atoms with Crippen molar-refractivity contribution < 1.29 is 22.7 Å². The van der Waals surface area contributed by atoms with E-state index in [9.17, 15) is 23.3 Å². The zero-order valence-corrected chi connectivity index (χ0v) is 23.0. The van der Waals surface area contributed by atoms with Crippen LogP contribution in [0.1, 0.15) is 23.1 Å². The van der Waals surface area contributed by atoms with Crippen molar-refractivity contribution in [2.24, 2.45) is 0 Å². The number of fused-ring (bicyclic) bond motifs is 1. The molecule has 2 aromatic heterocycles. The molecular weight excluding hydrogens is 524 g/mol. The Hall–Kier alpha value is -3.96. The van der Waals surface area contributed by atoms with Gasteiger partial charge >= 0.3 is 6.03 Å². The summed E-state index contributed by atoms with van der Waals surface area (Å²) in [6.07, 6.45) is 3.89. The molecule has 0 bridgehead atoms. The van der Waals surface area contributed by atoms with Crippen molar-refractivity contribution >= 4 is 39.1 Å². The fraction of sp³-hybridized carbons (Fsp3) is 0.480. The number of piperazine rings is 1. The Labute approximate surface area is 227 Å². The molecule has 2 aliphatic heterocycles. The number of aromatic nitrogens is 2. The largest absolute Gasteiger partial charge is 0.481 e. The van der Waals surface area contributed by atoms with Gasteiger partial charge in [-0.2, -0.15) is 10.2 Å². The van der Waals surface area contributed by atoms with E-state index in [1.165, 1.54) is 24.3 Å². The second kappa shape index (κ2) is 11.8. The van der Waals surface area contributed by atoms with Crippen LogP contribution in [-0.4, -0.2) is 99.0 Å². The summed E-state index contributed by atoms with van der Waals surface area (Å²) in [5.74, 6) is 0.971. The van der Waals surface area contributed by atoms with Crippen LogP contribution in [0.2, 0.25) is 0 Å². The Bertz CT molecular complexity index is 1410. The number of methoxy groups -OCH3 is 1. The predicted molar refractivity (Wildman–Crippen MR) is 146 cm³/mol. The summed E-state index contributed by atoms with van der Waals surface area (Å²) in [6.45, 7) is 2.70. The van der Waals surface area contributed by atoms with Crippen molar-refractivity contribution in [2.75, 3.05) is 74.4 Å². The van der Waals surface area contributed by atoms with Crippen molar-refractivity contribution in [1.82, 2.24) is 19.8 Å². The summed E-state index contributed by atoms with van der Waals surface area (Å²) in [4.78, 5) is 39.9. The van der Waals surface area contributed by atoms with Crippen molar-refractivity contribution in [3.05, 3.63) is 35.0 Å². The van der Waals surface area contributed by atoms with Gasteiger partial charge in [-0.25, -0.2) is 18.2 Å². The minimum Gasteiger partial charge on any atom is -0.481 e. The van der Waals surface area contributed by atoms with E-state index in [2.05, 4.69) is 20.6 Å². The van der Waals surface area contributed by atoms with Crippen molar-refractivity contribution in [2.45, 2.75) is 19.4 Å². The molecule has 0 saturated carbocycles. The number of amides is 3. The average molecular weight is 557 g/mol. The number of carbonyl (C=O) groups excluding carboxylic acids is 2. The number of nitrogens with zero attached hydrogens (tertiary/aromatic N) is 6. The van der Waals surface area contributed by atoms with Gasteiger partial charge in [0.05, 0.1) is 37.2 Å². The Kier molecular flexibility index (Phi) is 8.51. The zero-order valence-electron chi connectivity index (χ0n) is 22.2. The normalized spacial score (nSPS) is 15.9. The third kappa shape index (κ3) is 6.92. The van der Waals surface area contributed by atoms with Crippen LogP contribution in [0.15, 0.2) is 18.3 Å². The molecule has 0 aliphatic carbocycles. The number of likely N-dealkylation sites (N-methyl/N-ethyl adjacent to an activating group) is 1. The minimum absolute atomic E-state index is 0.0459. The predicted octanol–water partition coefficient (Wildman–Crippen LogP) is 1.07. The molecular formula is C25H32N8O5S. The maximum Gasteiger partial charge on any atom is 0.328 e. The highest BCUT2D eigenvalue weighted by atomic mass is 32.2. The first-order chi connectivity index (χ1) is 18.6. The number of sulfone groups is 1. The number of anilines is 3. The zero-order chi connectivity index (χ0) is 28.2. The Morgan fingerprint density at radius 1 is 1.26 bits per heavy atom. The average Bonchev–Trinajstić information content (AvgIpc) is 2.89. The third-order valence-corrected chi connectivity index (χ3v) is 7.50. The van der Waals surface area contributed by atoms with Gasteiger partial charge in [-0.05, 0) is 31.5 Å². The number of urea groups is 1. The topological polar surface area (TPSA) is 161 Å². The fourth-order valence-electron chi connectivity index (χ4n) is 4.52. The van der Waals surface area contributed by atoms with Crippen molar-refractivity contribution in [1.29, 1.82) is 5.26 Å². The summed E-state index contributed by atoms with van der Waals surface area (Å²) in [5, 5.41) is 15.0. The molecule has 13 nitrogen and oxygen atoms in total. The van der Waals surface area contributed by atoms with Crippen LogP contribution >= 0.6 is 0 Å². The van der Waals surface area contributed by atoms with Crippen LogP contribution in [0.3, 0.4) is 0 Å². The number of ether oxygens (including phenoxy) is 1. The van der Waals surface area contributed by atoms with E-state index < -0.39 is 15.9 Å². The number of rotatable bonds is 8. The quantitative estimate of drug-likeness (QED) is 0.481. The SMILES string of the molecule is COc1nc2c(cc1CN1CCN(C)CC1=O)CCCN2C(=O)Nc1cc(NCCS(C)(=O)=O)c(C#N)cn1. The Morgan fingerprint density at radius 3 is 2.74 bits per heavy atom. The lowest BCUT2D eigenvalue weighted by atomic mass is 10.0. The second-order valence-corrected chi connectivity index (χ2v) is 11.9. The van der Waals surface area contributed by atoms with E-state index >= 15 is 0 Å². The smallest absolute Gasteiger partial charge is 0.328 e. The standard InChI is InChI=1S/C25H32N8O5S/c1-31-8-9-32(22(34)16-31)15-18-11-17-5-4-7-33(23(17)30-24(18)38-2)25(35)29-21-12-20(19(13-26)14-28-21)27-6-10-39(3,36)37/h11-12,14H,4-10,15-16H2,1-3H3,(H2,27,28,29,35). The van der Waals surface area contributed by atoms with Gasteiger partial charge < -0.3 is 15.0 Å². The number of hydrogen-bond acceptors (Lipinski definition) is 10. The molecule has 3 amide bonds. The lowest BCUT2D eigenvalue weighted by Gasteiger charge is -2.33. The van der Waals surface area contributed by atoms with E-state index in [0.29, 0.717) is 43.6 Å². The first-order valence-electron chi connectivity index (χ1n) is 12.5. The van der Waals surface area contributed by atoms with E-state index in [-0.39, 0.29) is 29.6 Å². The monoisotopic (exact) mass is 556 g/mol. The van der Waals surface area contributed by atoms with Gasteiger partial charge in [-0.15, -0.1) is 0 Å². The van der Waals surface area contributed by atoms with Crippen LogP contribution < -0.4 is 20.3 Å². The highest BCUT2D eigenvalue weighted by Crippen LogP contribution is 2.32.